The molecule has 0 bridgehead atoms. The number of nitrogen functional groups attached to an aromatic ring is 1. The summed E-state index contributed by atoms with van der Waals surface area (Å²) in [6, 6.07) is 10.6. The van der Waals surface area contributed by atoms with E-state index in [0.717, 1.165) is 5.56 Å². The summed E-state index contributed by atoms with van der Waals surface area (Å²) in [5.41, 5.74) is 7.82. The third kappa shape index (κ3) is 7.13. The molecule has 1 unspecified atom stereocenters. The zero-order valence-corrected chi connectivity index (χ0v) is 18.1. The molecule has 33 heavy (non-hydrogen) atoms. The van der Waals surface area contributed by atoms with Gasteiger partial charge in [0.2, 0.25) is 0 Å². The topological polar surface area (TPSA) is 127 Å². The second kappa shape index (κ2) is 11.2. The van der Waals surface area contributed by atoms with Crippen molar-refractivity contribution in [3.63, 3.8) is 0 Å². The Morgan fingerprint density at radius 2 is 1.82 bits per heavy atom. The lowest BCUT2D eigenvalue weighted by Crippen LogP contribution is -2.38. The van der Waals surface area contributed by atoms with Crippen LogP contribution >= 0.6 is 0 Å². The van der Waals surface area contributed by atoms with E-state index in [2.05, 4.69) is 5.32 Å². The van der Waals surface area contributed by atoms with Gasteiger partial charge in [0.1, 0.15) is 18.2 Å². The molecule has 1 amide bonds. The highest BCUT2D eigenvalue weighted by atomic mass is 19.4. The van der Waals surface area contributed by atoms with Crippen LogP contribution in [0.3, 0.4) is 0 Å². The second-order valence-electron chi connectivity index (χ2n) is 6.92. The third-order valence-corrected chi connectivity index (χ3v) is 4.64. The lowest BCUT2D eigenvalue weighted by Gasteiger charge is -2.22. The summed E-state index contributed by atoms with van der Waals surface area (Å²) in [6.45, 7) is 1.30. The van der Waals surface area contributed by atoms with Gasteiger partial charge in [0, 0.05) is 16.8 Å². The fourth-order valence-corrected chi connectivity index (χ4v) is 2.89. The van der Waals surface area contributed by atoms with Gasteiger partial charge in [-0.2, -0.15) is 13.2 Å². The minimum atomic E-state index is -4.98. The molecular formula is C22H25F3N4O4. The van der Waals surface area contributed by atoms with Crippen molar-refractivity contribution in [1.29, 1.82) is 5.41 Å². The van der Waals surface area contributed by atoms with Crippen LogP contribution in [0.25, 0.3) is 0 Å². The maximum absolute atomic E-state index is 12.6. The second-order valence-corrected chi connectivity index (χ2v) is 6.92. The molecule has 1 atom stereocenters. The van der Waals surface area contributed by atoms with E-state index in [1.54, 1.807) is 47.8 Å². The van der Waals surface area contributed by atoms with Crippen molar-refractivity contribution in [2.45, 2.75) is 25.6 Å². The smallest absolute Gasteiger partial charge is 0.471 e. The van der Waals surface area contributed by atoms with Gasteiger partial charge >= 0.3 is 18.1 Å². The van der Waals surface area contributed by atoms with E-state index in [-0.39, 0.29) is 24.7 Å². The molecule has 8 nitrogen and oxygen atoms in total. The van der Waals surface area contributed by atoms with E-state index in [4.69, 9.17) is 20.6 Å². The summed E-state index contributed by atoms with van der Waals surface area (Å²) in [5.74, 6) is -2.53. The Morgan fingerprint density at radius 1 is 1.15 bits per heavy atom. The Hall–Kier alpha value is -3.76. The number of amides is 1. The van der Waals surface area contributed by atoms with Crippen LogP contribution in [0.2, 0.25) is 0 Å². The number of nitrogens with one attached hydrogen (secondary N) is 3. The number of hydrogen-bond acceptors (Lipinski definition) is 6. The van der Waals surface area contributed by atoms with Crippen molar-refractivity contribution in [2.75, 3.05) is 25.6 Å². The van der Waals surface area contributed by atoms with Crippen molar-refractivity contribution in [1.82, 2.24) is 5.32 Å². The average molecular weight is 466 g/mol. The zero-order chi connectivity index (χ0) is 24.6. The predicted octanol–water partition coefficient (Wildman–Crippen LogP) is 2.92. The third-order valence-electron chi connectivity index (χ3n) is 4.64. The van der Waals surface area contributed by atoms with Gasteiger partial charge in [-0.3, -0.25) is 10.2 Å². The first kappa shape index (κ1) is 25.5. The molecule has 0 saturated carbocycles. The number of halogens is 3. The van der Waals surface area contributed by atoms with Gasteiger partial charge in [-0.15, -0.1) is 0 Å². The van der Waals surface area contributed by atoms with Crippen molar-refractivity contribution in [3.8, 4) is 5.75 Å². The Labute approximate surface area is 188 Å². The minimum absolute atomic E-state index is 0.102. The number of anilines is 1. The van der Waals surface area contributed by atoms with Gasteiger partial charge in [0.15, 0.2) is 6.04 Å². The average Bonchev–Trinajstić information content (AvgIpc) is 2.79. The summed E-state index contributed by atoms with van der Waals surface area (Å²) in [6.07, 6.45) is -4.32. The number of alkyl halides is 3. The molecule has 0 heterocycles. The van der Waals surface area contributed by atoms with Gasteiger partial charge in [-0.1, -0.05) is 13.0 Å². The first-order valence-corrected chi connectivity index (χ1v) is 9.96. The Kier molecular flexibility index (Phi) is 8.66. The summed E-state index contributed by atoms with van der Waals surface area (Å²) in [7, 11) is 1.23. The lowest BCUT2D eigenvalue weighted by atomic mass is 10.0. The molecule has 11 heteroatoms. The number of carbonyl (C=O) groups is 2. The lowest BCUT2D eigenvalue weighted by molar-refractivity contribution is -0.173. The number of methoxy groups -OCH3 is 1. The van der Waals surface area contributed by atoms with Gasteiger partial charge in [-0.05, 0) is 48.4 Å². The molecular weight excluding hydrogens is 441 g/mol. The number of benzene rings is 2. The van der Waals surface area contributed by atoms with Crippen LogP contribution in [0.4, 0.5) is 18.9 Å². The van der Waals surface area contributed by atoms with Crippen molar-refractivity contribution >= 4 is 23.4 Å². The maximum Gasteiger partial charge on any atom is 0.471 e. The zero-order valence-electron chi connectivity index (χ0n) is 18.1. The molecule has 0 aromatic heterocycles. The summed E-state index contributed by atoms with van der Waals surface area (Å²) in [4.78, 5) is 23.5. The first-order valence-electron chi connectivity index (χ1n) is 9.96. The van der Waals surface area contributed by atoms with Crippen LogP contribution in [-0.4, -0.2) is 44.1 Å². The number of ether oxygens (including phenoxy) is 2. The minimum Gasteiger partial charge on any atom is -0.491 e. The van der Waals surface area contributed by atoms with Crippen molar-refractivity contribution in [2.24, 2.45) is 5.73 Å². The van der Waals surface area contributed by atoms with Gasteiger partial charge in [0.25, 0.3) is 0 Å². The number of esters is 1. The number of aryl methyl sites for hydroxylation is 1. The molecule has 0 radical (unpaired) electrons. The van der Waals surface area contributed by atoms with E-state index < -0.39 is 24.1 Å². The largest absolute Gasteiger partial charge is 0.491 e. The molecule has 2 aromatic rings. The highest BCUT2D eigenvalue weighted by molar-refractivity contribution is 5.95. The maximum atomic E-state index is 12.6. The molecule has 5 N–H and O–H groups in total. The number of nitrogens with two attached hydrogens (primary N) is 1. The summed E-state index contributed by atoms with van der Waals surface area (Å²) < 4.78 is 47.5. The van der Waals surface area contributed by atoms with Crippen LogP contribution in [-0.2, 0) is 20.7 Å². The van der Waals surface area contributed by atoms with Crippen LogP contribution in [0.5, 0.6) is 5.75 Å². The van der Waals surface area contributed by atoms with E-state index in [0.29, 0.717) is 23.2 Å². The number of amidine groups is 1. The fourth-order valence-electron chi connectivity index (χ4n) is 2.89. The number of rotatable bonds is 10. The van der Waals surface area contributed by atoms with Gasteiger partial charge in [0.05, 0.1) is 13.7 Å². The molecule has 0 fully saturated rings. The molecule has 0 aliphatic rings. The van der Waals surface area contributed by atoms with Gasteiger partial charge < -0.3 is 25.8 Å². The van der Waals surface area contributed by atoms with Crippen LogP contribution in [0.15, 0.2) is 42.5 Å². The van der Waals surface area contributed by atoms with E-state index in [1.165, 1.54) is 7.11 Å². The molecule has 2 rings (SSSR count). The standard InChI is InChI=1S/C22H25F3N4O4/c1-3-13-4-9-17(33-11-10-28-21(31)22(23,24)25)16(12-13)18(20(30)32-2)29-15-7-5-14(6-8-15)19(26)27/h4-9,12,18,29H,3,10-11H2,1-2H3,(H3,26,27)(H,28,31). The monoisotopic (exact) mass is 466 g/mol. The van der Waals surface area contributed by atoms with Crippen LogP contribution < -0.4 is 21.1 Å². The van der Waals surface area contributed by atoms with Crippen molar-refractivity contribution in [3.05, 3.63) is 59.2 Å². The molecule has 0 spiro atoms. The van der Waals surface area contributed by atoms with Crippen LogP contribution in [0.1, 0.15) is 29.7 Å². The highest BCUT2D eigenvalue weighted by Gasteiger charge is 2.38. The Morgan fingerprint density at radius 3 is 2.36 bits per heavy atom. The van der Waals surface area contributed by atoms with E-state index in [1.807, 2.05) is 6.92 Å². The number of hydrogen-bond donors (Lipinski definition) is 4. The van der Waals surface area contributed by atoms with Gasteiger partial charge in [-0.25, -0.2) is 4.79 Å². The fraction of sp³-hybridized carbons (Fsp3) is 0.318. The van der Waals surface area contributed by atoms with E-state index >= 15 is 0 Å². The first-order chi connectivity index (χ1) is 15.6. The Balaban J connectivity index is 2.26. The van der Waals surface area contributed by atoms with Crippen LogP contribution in [0, 0.1) is 5.41 Å². The number of carbonyl (C=O) groups excluding carboxylic acids is 2. The predicted molar refractivity (Wildman–Crippen MR) is 116 cm³/mol. The normalized spacial score (nSPS) is 11.9. The van der Waals surface area contributed by atoms with E-state index in [9.17, 15) is 22.8 Å². The molecule has 0 aliphatic heterocycles. The molecule has 0 aliphatic carbocycles. The summed E-state index contributed by atoms with van der Waals surface area (Å²) in [5, 5.41) is 12.2. The quantitative estimate of drug-likeness (QED) is 0.185. The summed E-state index contributed by atoms with van der Waals surface area (Å²) >= 11 is 0. The SMILES string of the molecule is CCc1ccc(OCCNC(=O)C(F)(F)F)c(C(Nc2ccc(C(=N)N)cc2)C(=O)OC)c1. The Bertz CT molecular complexity index is 994. The molecule has 0 saturated heterocycles. The highest BCUT2D eigenvalue weighted by Crippen LogP contribution is 2.31. The molecule has 178 valence electrons. The molecule has 2 aromatic carbocycles. The van der Waals surface area contributed by atoms with Crippen molar-refractivity contribution < 1.29 is 32.2 Å².